The summed E-state index contributed by atoms with van der Waals surface area (Å²) in [7, 11) is 0. The molecular formula is CN2O3. The van der Waals surface area contributed by atoms with Crippen LogP contribution in [-0.4, -0.2) is 5.09 Å². The van der Waals surface area contributed by atoms with Crippen LogP contribution in [0.5, 0.6) is 0 Å². The summed E-state index contributed by atoms with van der Waals surface area (Å²) >= 11 is 0. The molecule has 0 atom stereocenters. The molecule has 0 aliphatic carbocycles. The van der Waals surface area contributed by atoms with Gasteiger partial charge < -0.3 is 0 Å². The van der Waals surface area contributed by atoms with E-state index in [-0.39, 0.29) is 0 Å². The third-order valence-electron chi connectivity index (χ3n) is 0.107. The first-order valence-electron chi connectivity index (χ1n) is 0.954. The van der Waals surface area contributed by atoms with E-state index in [1.165, 1.54) is 0 Å². The Balaban J connectivity index is 3.13. The first kappa shape index (κ1) is 4.69. The van der Waals surface area contributed by atoms with Gasteiger partial charge in [0.2, 0.25) is 0 Å². The molecule has 0 aromatic heterocycles. The number of hydrogen-bond donors (Lipinski definition) is 0. The minimum Gasteiger partial charge on any atom is -0.164 e. The van der Waals surface area contributed by atoms with Crippen LogP contribution >= 0.6 is 0 Å². The summed E-state index contributed by atoms with van der Waals surface area (Å²) in [5, 5.41) is 9.78. The molecule has 0 aromatic carbocycles. The van der Waals surface area contributed by atoms with Crippen molar-refractivity contribution >= 4 is 0 Å². The van der Waals surface area contributed by atoms with Crippen molar-refractivity contribution < 1.29 is 10.0 Å². The Morgan fingerprint density at radius 3 is 2.50 bits per heavy atom. The second-order valence-corrected chi connectivity index (χ2v) is 0.397. The molecule has 0 aromatic rings. The highest BCUT2D eigenvalue weighted by Crippen LogP contribution is 1.68. The zero-order valence-electron chi connectivity index (χ0n) is 2.62. The lowest BCUT2D eigenvalue weighted by molar-refractivity contribution is -0.739. The van der Waals surface area contributed by atoms with E-state index in [9.17, 15) is 0 Å². The van der Waals surface area contributed by atoms with E-state index in [0.29, 0.717) is 0 Å². The van der Waals surface area contributed by atoms with Crippen LogP contribution in [0.1, 0.15) is 0 Å². The first-order valence-corrected chi connectivity index (χ1v) is 0.954. The molecule has 0 heterocycles. The average molecular weight is 88.0 g/mol. The molecule has 0 saturated carbocycles. The second kappa shape index (κ2) is 1.96. The summed E-state index contributed by atoms with van der Waals surface area (Å²) in [4.78, 5) is 12.0. The van der Waals surface area contributed by atoms with Gasteiger partial charge in [0.1, 0.15) is 0 Å². The van der Waals surface area contributed by atoms with Crippen molar-refractivity contribution in [3.8, 4) is 0 Å². The van der Waals surface area contributed by atoms with Gasteiger partial charge in [-0.2, -0.15) is 6.57 Å². The van der Waals surface area contributed by atoms with Crippen LogP contribution in [-0.2, 0) is 4.94 Å². The third-order valence-corrected chi connectivity index (χ3v) is 0.107. The molecule has 5 heteroatoms. The fourth-order valence-electron chi connectivity index (χ4n) is 0.0333. The molecule has 0 amide bonds. The lowest BCUT2D eigenvalue weighted by atomic mass is 11.8. The van der Waals surface area contributed by atoms with E-state index in [1.54, 1.807) is 0 Å². The second-order valence-electron chi connectivity index (χ2n) is 0.397. The maximum atomic E-state index is 8.97. The molecule has 32 valence electrons. The molecular weight excluding hydrogens is 88.0 g/mol. The maximum Gasteiger partial charge on any atom is 0.362 e. The van der Waals surface area contributed by atoms with Crippen molar-refractivity contribution in [2.75, 3.05) is 0 Å². The number of nitrogens with zero attached hydrogens (tertiary/aromatic N) is 2. The molecule has 0 rings (SSSR count). The van der Waals surface area contributed by atoms with Gasteiger partial charge in [-0.25, -0.2) is 0 Å². The van der Waals surface area contributed by atoms with Gasteiger partial charge in [-0.1, -0.05) is 0 Å². The van der Waals surface area contributed by atoms with Gasteiger partial charge in [0.05, 0.1) is 0 Å². The smallest absolute Gasteiger partial charge is 0.164 e. The molecule has 0 saturated heterocycles. The van der Waals surface area contributed by atoms with E-state index in [0.717, 1.165) is 0 Å². The van der Waals surface area contributed by atoms with Crippen LogP contribution < -0.4 is 0 Å². The van der Waals surface area contributed by atoms with Gasteiger partial charge in [0, 0.05) is 4.94 Å². The van der Waals surface area contributed by atoms with Gasteiger partial charge in [-0.3, -0.25) is 0 Å². The van der Waals surface area contributed by atoms with Gasteiger partial charge in [0.15, 0.2) is 0 Å². The van der Waals surface area contributed by atoms with Crippen LogP contribution in [0.2, 0.25) is 0 Å². The van der Waals surface area contributed by atoms with Crippen LogP contribution in [0.25, 0.3) is 5.01 Å². The Labute approximate surface area is 33.0 Å². The molecule has 0 fully saturated rings. The largest absolute Gasteiger partial charge is 0.362 e. The van der Waals surface area contributed by atoms with Crippen LogP contribution in [0.4, 0.5) is 0 Å². The monoisotopic (exact) mass is 88.0 g/mol. The molecule has 0 aliphatic heterocycles. The van der Waals surface area contributed by atoms with Gasteiger partial charge in [-0.05, 0) is 5.01 Å². The quantitative estimate of drug-likeness (QED) is 0.258. The Morgan fingerprint density at radius 1 is 2.00 bits per heavy atom. The topological polar surface area (TPSA) is 56.7 Å². The Hall–Kier alpha value is -1.31. The average Bonchev–Trinajstić information content (AvgIpc) is 1.35. The number of hydrogen-bond acceptors (Lipinski definition) is 3. The van der Waals surface area contributed by atoms with E-state index in [4.69, 9.17) is 16.7 Å². The summed E-state index contributed by atoms with van der Waals surface area (Å²) in [6, 6.07) is 0. The van der Waals surface area contributed by atoms with Gasteiger partial charge in [-0.15, -0.1) is 10.1 Å². The van der Waals surface area contributed by atoms with E-state index in [1.807, 2.05) is 5.01 Å². The Bertz CT molecular complexity index is 91.5. The lowest BCUT2D eigenvalue weighted by Crippen LogP contribution is -1.88. The fourth-order valence-corrected chi connectivity index (χ4v) is 0.0333. The van der Waals surface area contributed by atoms with Crippen molar-refractivity contribution in [3.63, 3.8) is 0 Å². The lowest BCUT2D eigenvalue weighted by Gasteiger charge is -1.64. The predicted octanol–water partition coefficient (Wildman–Crippen LogP) is 0.0290. The molecule has 0 bridgehead atoms. The van der Waals surface area contributed by atoms with Gasteiger partial charge in [0.25, 0.3) is 0 Å². The van der Waals surface area contributed by atoms with Crippen molar-refractivity contribution in [1.29, 1.82) is 0 Å². The summed E-state index contributed by atoms with van der Waals surface area (Å²) < 4.78 is 0. The standard InChI is InChI=1S/CN2O3/c1-2-6-3(4)5. The van der Waals surface area contributed by atoms with E-state index >= 15 is 0 Å². The third kappa shape index (κ3) is 2.69. The van der Waals surface area contributed by atoms with Crippen LogP contribution in [0.15, 0.2) is 0 Å². The zero-order chi connectivity index (χ0) is 4.99. The van der Waals surface area contributed by atoms with Gasteiger partial charge >= 0.3 is 5.09 Å². The highest BCUT2D eigenvalue weighted by atomic mass is 17.0. The van der Waals surface area contributed by atoms with Crippen molar-refractivity contribution in [3.05, 3.63) is 21.7 Å². The summed E-state index contributed by atoms with van der Waals surface area (Å²) in [5.74, 6) is 0. The summed E-state index contributed by atoms with van der Waals surface area (Å²) in [6.07, 6.45) is 0. The van der Waals surface area contributed by atoms with Crippen LogP contribution in [0, 0.1) is 16.7 Å². The minimum absolute atomic E-state index is 1.17. The van der Waals surface area contributed by atoms with Crippen molar-refractivity contribution in [1.82, 2.24) is 0 Å². The zero-order valence-corrected chi connectivity index (χ0v) is 2.62. The Morgan fingerprint density at radius 2 is 2.50 bits per heavy atom. The summed E-state index contributed by atoms with van der Waals surface area (Å²) in [5.41, 5.74) is 0. The van der Waals surface area contributed by atoms with Crippen molar-refractivity contribution in [2.45, 2.75) is 0 Å². The predicted molar refractivity (Wildman–Crippen MR) is 14.7 cm³/mol. The minimum atomic E-state index is -1.17. The molecule has 0 spiro atoms. The molecule has 5 nitrogen and oxygen atoms in total. The molecule has 0 aliphatic rings. The highest BCUT2D eigenvalue weighted by Gasteiger charge is 1.90. The van der Waals surface area contributed by atoms with Crippen molar-refractivity contribution in [2.24, 2.45) is 0 Å². The molecule has 0 radical (unpaired) electrons. The van der Waals surface area contributed by atoms with E-state index in [2.05, 4.69) is 4.94 Å². The SMILES string of the molecule is [C-]#[N+]O[N+](=O)[O-]. The first-order chi connectivity index (χ1) is 2.77. The molecule has 0 N–H and O–H groups in total. The fraction of sp³-hybridized carbons (Fsp3) is 0. The van der Waals surface area contributed by atoms with Crippen LogP contribution in [0.3, 0.4) is 0 Å². The molecule has 0 unspecified atom stereocenters. The maximum absolute atomic E-state index is 8.97. The van der Waals surface area contributed by atoms with E-state index < -0.39 is 5.09 Å². The highest BCUT2D eigenvalue weighted by molar-refractivity contribution is 4.13. The normalized spacial score (nSPS) is 5.83. The Kier molecular flexibility index (Phi) is 1.53. The molecule has 6 heavy (non-hydrogen) atoms. The number of rotatable bonds is 1. The summed E-state index contributed by atoms with van der Waals surface area (Å²) in [6.45, 7) is 5.69.